The molecule has 6 heteroatoms. The van der Waals surface area contributed by atoms with Gasteiger partial charge in [0, 0.05) is 11.8 Å². The van der Waals surface area contributed by atoms with Crippen LogP contribution in [0, 0.1) is 6.92 Å². The van der Waals surface area contributed by atoms with E-state index in [9.17, 15) is 5.11 Å². The SMILES string of the molecule is Cc1nsc(SCC(CO)(NC2CC2)c2ccccc2)n1. The molecule has 1 fully saturated rings. The van der Waals surface area contributed by atoms with E-state index in [0.29, 0.717) is 6.04 Å². The van der Waals surface area contributed by atoms with Crippen molar-refractivity contribution in [2.45, 2.75) is 35.7 Å². The maximum atomic E-state index is 10.1. The summed E-state index contributed by atoms with van der Waals surface area (Å²) in [6.45, 7) is 1.98. The predicted molar refractivity (Wildman–Crippen MR) is 86.7 cm³/mol. The molecule has 1 aliphatic carbocycles. The standard InChI is InChI=1S/C15H19N3OS2/c1-11-16-14(21-18-11)20-10-15(9-19,17-13-7-8-13)12-5-3-2-4-6-12/h2-6,13,17,19H,7-10H2,1H3. The molecule has 2 N–H and O–H groups in total. The molecule has 3 rings (SSSR count). The van der Waals surface area contributed by atoms with Gasteiger partial charge in [-0.05, 0) is 36.9 Å². The van der Waals surface area contributed by atoms with Gasteiger partial charge in [-0.15, -0.1) is 0 Å². The first kappa shape index (κ1) is 15.0. The number of aromatic nitrogens is 2. The fraction of sp³-hybridized carbons (Fsp3) is 0.467. The van der Waals surface area contributed by atoms with Gasteiger partial charge in [-0.1, -0.05) is 42.1 Å². The second-order valence-electron chi connectivity index (χ2n) is 5.42. The van der Waals surface area contributed by atoms with Crippen molar-refractivity contribution in [2.24, 2.45) is 0 Å². The summed E-state index contributed by atoms with van der Waals surface area (Å²) in [7, 11) is 0. The summed E-state index contributed by atoms with van der Waals surface area (Å²) in [5.74, 6) is 1.56. The Morgan fingerprint density at radius 1 is 1.38 bits per heavy atom. The molecule has 2 aromatic rings. The molecule has 1 aromatic heterocycles. The lowest BCUT2D eigenvalue weighted by molar-refractivity contribution is 0.177. The number of aryl methyl sites for hydroxylation is 1. The van der Waals surface area contributed by atoms with Crippen LogP contribution in [-0.2, 0) is 5.54 Å². The Labute approximate surface area is 133 Å². The molecule has 1 aliphatic rings. The number of thioether (sulfide) groups is 1. The Kier molecular flexibility index (Phi) is 4.59. The smallest absolute Gasteiger partial charge is 0.170 e. The van der Waals surface area contributed by atoms with E-state index in [4.69, 9.17) is 0 Å². The van der Waals surface area contributed by atoms with E-state index in [0.717, 1.165) is 21.5 Å². The van der Waals surface area contributed by atoms with Gasteiger partial charge in [-0.3, -0.25) is 0 Å². The number of aliphatic hydroxyl groups is 1. The maximum Gasteiger partial charge on any atom is 0.170 e. The van der Waals surface area contributed by atoms with Gasteiger partial charge < -0.3 is 10.4 Å². The average Bonchev–Trinajstić information content (AvgIpc) is 3.24. The summed E-state index contributed by atoms with van der Waals surface area (Å²) in [6.07, 6.45) is 2.38. The molecular formula is C15H19N3OS2. The Balaban J connectivity index is 1.80. The van der Waals surface area contributed by atoms with Crippen molar-refractivity contribution in [3.05, 3.63) is 41.7 Å². The van der Waals surface area contributed by atoms with E-state index in [1.807, 2.05) is 25.1 Å². The minimum absolute atomic E-state index is 0.0816. The molecule has 0 amide bonds. The molecule has 21 heavy (non-hydrogen) atoms. The van der Waals surface area contributed by atoms with E-state index in [-0.39, 0.29) is 6.61 Å². The molecule has 1 atom stereocenters. The van der Waals surface area contributed by atoms with Crippen LogP contribution in [0.5, 0.6) is 0 Å². The zero-order valence-corrected chi connectivity index (χ0v) is 13.6. The second kappa shape index (κ2) is 6.44. The monoisotopic (exact) mass is 321 g/mol. The van der Waals surface area contributed by atoms with Crippen LogP contribution in [-0.4, -0.2) is 32.9 Å². The Bertz CT molecular complexity index is 586. The summed E-state index contributed by atoms with van der Waals surface area (Å²) < 4.78 is 5.17. The molecule has 4 nitrogen and oxygen atoms in total. The number of rotatable bonds is 7. The van der Waals surface area contributed by atoms with E-state index < -0.39 is 5.54 Å². The number of aliphatic hydroxyl groups excluding tert-OH is 1. The molecule has 0 radical (unpaired) electrons. The topological polar surface area (TPSA) is 58.0 Å². The van der Waals surface area contributed by atoms with Crippen molar-refractivity contribution < 1.29 is 5.11 Å². The molecule has 0 spiro atoms. The predicted octanol–water partition coefficient (Wildman–Crippen LogP) is 2.58. The lowest BCUT2D eigenvalue weighted by atomic mass is 9.92. The van der Waals surface area contributed by atoms with Crippen LogP contribution in [0.3, 0.4) is 0 Å². The van der Waals surface area contributed by atoms with Crippen molar-refractivity contribution in [3.8, 4) is 0 Å². The van der Waals surface area contributed by atoms with Gasteiger partial charge in [0.1, 0.15) is 5.82 Å². The summed E-state index contributed by atoms with van der Waals surface area (Å²) in [5, 5.41) is 13.7. The zero-order chi connectivity index (χ0) is 14.7. The van der Waals surface area contributed by atoms with Crippen molar-refractivity contribution >= 4 is 23.3 Å². The fourth-order valence-electron chi connectivity index (χ4n) is 2.29. The van der Waals surface area contributed by atoms with Crippen LogP contribution in [0.1, 0.15) is 24.2 Å². The van der Waals surface area contributed by atoms with Crippen molar-refractivity contribution in [1.82, 2.24) is 14.7 Å². The zero-order valence-electron chi connectivity index (χ0n) is 12.0. The van der Waals surface area contributed by atoms with Gasteiger partial charge in [0.2, 0.25) is 0 Å². The quantitative estimate of drug-likeness (QED) is 0.768. The minimum Gasteiger partial charge on any atom is -0.394 e. The Hall–Kier alpha value is -0.950. The molecule has 1 heterocycles. The number of benzene rings is 1. The largest absolute Gasteiger partial charge is 0.394 e. The summed E-state index contributed by atoms with van der Waals surface area (Å²) in [4.78, 5) is 4.40. The van der Waals surface area contributed by atoms with Gasteiger partial charge in [-0.2, -0.15) is 4.37 Å². The van der Waals surface area contributed by atoms with Gasteiger partial charge in [0.05, 0.1) is 12.1 Å². The van der Waals surface area contributed by atoms with Crippen molar-refractivity contribution in [1.29, 1.82) is 0 Å². The van der Waals surface area contributed by atoms with E-state index in [1.165, 1.54) is 24.4 Å². The van der Waals surface area contributed by atoms with Crippen LogP contribution in [0.2, 0.25) is 0 Å². The van der Waals surface area contributed by atoms with E-state index in [2.05, 4.69) is 26.8 Å². The van der Waals surface area contributed by atoms with Crippen LogP contribution < -0.4 is 5.32 Å². The molecule has 1 saturated carbocycles. The summed E-state index contributed by atoms with van der Waals surface area (Å²) in [5.41, 5.74) is 0.722. The normalized spacial score (nSPS) is 17.6. The summed E-state index contributed by atoms with van der Waals surface area (Å²) in [6, 6.07) is 10.7. The van der Waals surface area contributed by atoms with Gasteiger partial charge in [0.15, 0.2) is 4.34 Å². The molecule has 1 aromatic carbocycles. The van der Waals surface area contributed by atoms with E-state index in [1.54, 1.807) is 11.8 Å². The third-order valence-electron chi connectivity index (χ3n) is 3.61. The first-order valence-corrected chi connectivity index (χ1v) is 8.85. The number of hydrogen-bond donors (Lipinski definition) is 2. The van der Waals surface area contributed by atoms with Crippen LogP contribution in [0.25, 0.3) is 0 Å². The molecule has 0 bridgehead atoms. The van der Waals surface area contributed by atoms with Gasteiger partial charge in [0.25, 0.3) is 0 Å². The average molecular weight is 321 g/mol. The van der Waals surface area contributed by atoms with Crippen LogP contribution >= 0.6 is 23.3 Å². The minimum atomic E-state index is -0.410. The number of nitrogens with one attached hydrogen (secondary N) is 1. The molecule has 1 unspecified atom stereocenters. The molecular weight excluding hydrogens is 302 g/mol. The number of hydrogen-bond acceptors (Lipinski definition) is 6. The lowest BCUT2D eigenvalue weighted by Gasteiger charge is -2.33. The lowest BCUT2D eigenvalue weighted by Crippen LogP contribution is -2.49. The summed E-state index contributed by atoms with van der Waals surface area (Å²) >= 11 is 3.08. The fourth-order valence-corrected chi connectivity index (χ4v) is 4.12. The first-order chi connectivity index (χ1) is 10.2. The Morgan fingerprint density at radius 3 is 2.71 bits per heavy atom. The second-order valence-corrected chi connectivity index (χ2v) is 7.40. The van der Waals surface area contributed by atoms with Crippen LogP contribution in [0.4, 0.5) is 0 Å². The van der Waals surface area contributed by atoms with E-state index >= 15 is 0 Å². The third kappa shape index (κ3) is 3.63. The highest BCUT2D eigenvalue weighted by molar-refractivity contribution is 8.01. The highest BCUT2D eigenvalue weighted by atomic mass is 32.2. The highest BCUT2D eigenvalue weighted by Gasteiger charge is 2.37. The van der Waals surface area contributed by atoms with Crippen molar-refractivity contribution in [2.75, 3.05) is 12.4 Å². The first-order valence-electron chi connectivity index (χ1n) is 7.09. The molecule has 0 saturated heterocycles. The van der Waals surface area contributed by atoms with Crippen molar-refractivity contribution in [3.63, 3.8) is 0 Å². The van der Waals surface area contributed by atoms with Gasteiger partial charge >= 0.3 is 0 Å². The molecule has 0 aliphatic heterocycles. The number of nitrogens with zero attached hydrogens (tertiary/aromatic N) is 2. The van der Waals surface area contributed by atoms with Gasteiger partial charge in [-0.25, -0.2) is 4.98 Å². The maximum absolute atomic E-state index is 10.1. The highest BCUT2D eigenvalue weighted by Crippen LogP contribution is 2.34. The third-order valence-corrected chi connectivity index (χ3v) is 5.76. The Morgan fingerprint density at radius 2 is 2.14 bits per heavy atom. The van der Waals surface area contributed by atoms with Crippen LogP contribution in [0.15, 0.2) is 34.7 Å². The molecule has 112 valence electrons.